The topological polar surface area (TPSA) is 57.6 Å². The molecule has 0 bridgehead atoms. The molecule has 1 fully saturated rings. The van der Waals surface area contributed by atoms with Crippen molar-refractivity contribution in [1.82, 2.24) is 0 Å². The summed E-state index contributed by atoms with van der Waals surface area (Å²) >= 11 is 0. The van der Waals surface area contributed by atoms with Gasteiger partial charge in [-0.25, -0.2) is 0 Å². The first-order chi connectivity index (χ1) is 8.91. The minimum absolute atomic E-state index is 0.00125. The van der Waals surface area contributed by atoms with E-state index in [4.69, 9.17) is 0 Å². The lowest BCUT2D eigenvalue weighted by molar-refractivity contribution is -0.146. The predicted octanol–water partition coefficient (Wildman–Crippen LogP) is 2.46. The number of anilines is 1. The second-order valence-electron chi connectivity index (χ2n) is 5.39. The van der Waals surface area contributed by atoms with Crippen LogP contribution >= 0.6 is 0 Å². The van der Waals surface area contributed by atoms with Crippen LogP contribution in [0.3, 0.4) is 0 Å². The number of carboxylic acids is 1. The Balaban J connectivity index is 2.35. The van der Waals surface area contributed by atoms with E-state index in [0.717, 1.165) is 11.3 Å². The van der Waals surface area contributed by atoms with E-state index in [1.165, 1.54) is 0 Å². The van der Waals surface area contributed by atoms with Gasteiger partial charge in [-0.15, -0.1) is 0 Å². The van der Waals surface area contributed by atoms with Crippen molar-refractivity contribution in [2.45, 2.75) is 33.2 Å². The summed E-state index contributed by atoms with van der Waals surface area (Å²) in [6.45, 7) is 5.62. The number of rotatable bonds is 2. The van der Waals surface area contributed by atoms with E-state index >= 15 is 0 Å². The van der Waals surface area contributed by atoms with Crippen molar-refractivity contribution in [2.75, 3.05) is 4.90 Å². The number of carbonyl (C=O) groups is 2. The van der Waals surface area contributed by atoms with Gasteiger partial charge in [-0.05, 0) is 31.9 Å². The predicted molar refractivity (Wildman–Crippen MR) is 73.0 cm³/mol. The molecule has 4 heteroatoms. The lowest BCUT2D eigenvalue weighted by atomic mass is 9.80. The van der Waals surface area contributed by atoms with Crippen LogP contribution < -0.4 is 4.90 Å². The summed E-state index contributed by atoms with van der Waals surface area (Å²) in [7, 11) is 0. The van der Waals surface area contributed by atoms with Crippen molar-refractivity contribution in [1.29, 1.82) is 0 Å². The zero-order chi connectivity index (χ0) is 14.2. The van der Waals surface area contributed by atoms with Crippen LogP contribution in [0.15, 0.2) is 24.3 Å². The summed E-state index contributed by atoms with van der Waals surface area (Å²) in [4.78, 5) is 25.2. The van der Waals surface area contributed by atoms with Gasteiger partial charge in [0.25, 0.3) is 0 Å². The number of carboxylic acid groups (broad SMARTS) is 1. The Bertz CT molecular complexity index is 495. The largest absolute Gasteiger partial charge is 0.481 e. The van der Waals surface area contributed by atoms with Gasteiger partial charge in [-0.1, -0.05) is 24.6 Å². The van der Waals surface area contributed by atoms with E-state index in [0.29, 0.717) is 0 Å². The van der Waals surface area contributed by atoms with Crippen LogP contribution in [0.5, 0.6) is 0 Å². The van der Waals surface area contributed by atoms with E-state index < -0.39 is 11.9 Å². The maximum atomic E-state index is 12.2. The number of piperidine rings is 1. The summed E-state index contributed by atoms with van der Waals surface area (Å²) in [5.74, 6) is -1.47. The Hall–Kier alpha value is -1.84. The molecule has 1 aliphatic rings. The van der Waals surface area contributed by atoms with Crippen LogP contribution in [-0.2, 0) is 9.59 Å². The van der Waals surface area contributed by atoms with Gasteiger partial charge in [0.05, 0.1) is 5.92 Å². The molecule has 19 heavy (non-hydrogen) atoms. The third-order valence-corrected chi connectivity index (χ3v) is 3.90. The summed E-state index contributed by atoms with van der Waals surface area (Å²) in [5, 5.41) is 9.34. The second kappa shape index (κ2) is 5.03. The third-order valence-electron chi connectivity index (χ3n) is 3.90. The molecule has 1 heterocycles. The monoisotopic (exact) mass is 261 g/mol. The summed E-state index contributed by atoms with van der Waals surface area (Å²) in [6, 6.07) is 7.29. The number of hydrogen-bond donors (Lipinski definition) is 1. The van der Waals surface area contributed by atoms with E-state index in [9.17, 15) is 14.7 Å². The van der Waals surface area contributed by atoms with E-state index in [1.54, 1.807) is 4.90 Å². The molecule has 1 saturated heterocycles. The Morgan fingerprint density at radius 2 is 1.84 bits per heavy atom. The van der Waals surface area contributed by atoms with Gasteiger partial charge in [0.15, 0.2) is 0 Å². The SMILES string of the molecule is Cc1ccc(N2C(=O)CC(C)C(C(=O)O)C2C)cc1. The molecule has 0 aliphatic carbocycles. The number of aliphatic carboxylic acids is 1. The molecule has 1 aromatic rings. The first-order valence-corrected chi connectivity index (χ1v) is 6.53. The van der Waals surface area contributed by atoms with Gasteiger partial charge in [-0.3, -0.25) is 9.59 Å². The Morgan fingerprint density at radius 1 is 1.26 bits per heavy atom. The molecule has 102 valence electrons. The van der Waals surface area contributed by atoms with Crippen molar-refractivity contribution in [2.24, 2.45) is 11.8 Å². The minimum Gasteiger partial charge on any atom is -0.481 e. The van der Waals surface area contributed by atoms with Gasteiger partial charge >= 0.3 is 5.97 Å². The molecule has 1 aromatic carbocycles. The Kier molecular flexibility index (Phi) is 3.60. The normalized spacial score (nSPS) is 27.4. The standard InChI is InChI=1S/C15H19NO3/c1-9-4-6-12(7-5-9)16-11(3)14(15(18)19)10(2)8-13(16)17/h4-7,10-11,14H,8H2,1-3H3,(H,18,19). The lowest BCUT2D eigenvalue weighted by Gasteiger charge is -2.40. The highest BCUT2D eigenvalue weighted by Gasteiger charge is 2.42. The fourth-order valence-corrected chi connectivity index (χ4v) is 2.90. The quantitative estimate of drug-likeness (QED) is 0.889. The molecular formula is C15H19NO3. The highest BCUT2D eigenvalue weighted by molar-refractivity contribution is 5.96. The molecule has 0 aromatic heterocycles. The molecule has 1 aliphatic heterocycles. The molecule has 0 radical (unpaired) electrons. The third kappa shape index (κ3) is 2.48. The minimum atomic E-state index is -0.829. The molecule has 0 spiro atoms. The number of aryl methyl sites for hydroxylation is 1. The van der Waals surface area contributed by atoms with Crippen molar-refractivity contribution in [3.63, 3.8) is 0 Å². The molecule has 1 N–H and O–H groups in total. The summed E-state index contributed by atoms with van der Waals surface area (Å²) in [6.07, 6.45) is 0.287. The number of carbonyl (C=O) groups excluding carboxylic acids is 1. The van der Waals surface area contributed by atoms with Crippen LogP contribution in [-0.4, -0.2) is 23.0 Å². The summed E-state index contributed by atoms with van der Waals surface area (Å²) in [5.41, 5.74) is 1.89. The van der Waals surface area contributed by atoms with Crippen LogP contribution in [0.2, 0.25) is 0 Å². The van der Waals surface area contributed by atoms with Crippen LogP contribution in [0, 0.1) is 18.8 Å². The fourth-order valence-electron chi connectivity index (χ4n) is 2.90. The average Bonchev–Trinajstić information content (AvgIpc) is 2.30. The first-order valence-electron chi connectivity index (χ1n) is 6.53. The van der Waals surface area contributed by atoms with Crippen molar-refractivity contribution >= 4 is 17.6 Å². The molecular weight excluding hydrogens is 242 g/mol. The van der Waals surface area contributed by atoms with E-state index in [-0.39, 0.29) is 24.3 Å². The number of benzene rings is 1. The lowest BCUT2D eigenvalue weighted by Crippen LogP contribution is -2.53. The van der Waals surface area contributed by atoms with Crippen LogP contribution in [0.4, 0.5) is 5.69 Å². The number of hydrogen-bond acceptors (Lipinski definition) is 2. The maximum absolute atomic E-state index is 12.2. The highest BCUT2D eigenvalue weighted by atomic mass is 16.4. The van der Waals surface area contributed by atoms with Crippen LogP contribution in [0.1, 0.15) is 25.8 Å². The molecule has 3 unspecified atom stereocenters. The molecule has 3 atom stereocenters. The second-order valence-corrected chi connectivity index (χ2v) is 5.39. The number of amides is 1. The van der Waals surface area contributed by atoms with Crippen LogP contribution in [0.25, 0.3) is 0 Å². The van der Waals surface area contributed by atoms with Gasteiger partial charge in [-0.2, -0.15) is 0 Å². The molecule has 2 rings (SSSR count). The van der Waals surface area contributed by atoms with Gasteiger partial charge in [0.1, 0.15) is 0 Å². The van der Waals surface area contributed by atoms with Crippen molar-refractivity contribution in [3.8, 4) is 0 Å². The van der Waals surface area contributed by atoms with Gasteiger partial charge in [0, 0.05) is 18.2 Å². The Morgan fingerprint density at radius 3 is 2.37 bits per heavy atom. The fraction of sp³-hybridized carbons (Fsp3) is 0.467. The zero-order valence-electron chi connectivity index (χ0n) is 11.5. The molecule has 0 saturated carbocycles. The first kappa shape index (κ1) is 13.6. The smallest absolute Gasteiger partial charge is 0.308 e. The molecule has 1 amide bonds. The van der Waals surface area contributed by atoms with Gasteiger partial charge < -0.3 is 10.0 Å². The van der Waals surface area contributed by atoms with Crippen molar-refractivity contribution < 1.29 is 14.7 Å². The number of nitrogens with zero attached hydrogens (tertiary/aromatic N) is 1. The average molecular weight is 261 g/mol. The molecule has 4 nitrogen and oxygen atoms in total. The van der Waals surface area contributed by atoms with Crippen molar-refractivity contribution in [3.05, 3.63) is 29.8 Å². The zero-order valence-corrected chi connectivity index (χ0v) is 11.5. The maximum Gasteiger partial charge on any atom is 0.308 e. The summed E-state index contributed by atoms with van der Waals surface area (Å²) < 4.78 is 0. The van der Waals surface area contributed by atoms with E-state index in [1.807, 2.05) is 45.0 Å². The Labute approximate surface area is 113 Å². The van der Waals surface area contributed by atoms with E-state index in [2.05, 4.69) is 0 Å². The van der Waals surface area contributed by atoms with Gasteiger partial charge in [0.2, 0.25) is 5.91 Å². The highest BCUT2D eigenvalue weighted by Crippen LogP contribution is 2.33.